The second-order valence-corrected chi connectivity index (χ2v) is 12.5. The summed E-state index contributed by atoms with van der Waals surface area (Å²) >= 11 is 12.2. The van der Waals surface area contributed by atoms with Gasteiger partial charge in [-0.15, -0.1) is 0 Å². The lowest BCUT2D eigenvalue weighted by Gasteiger charge is -2.42. The van der Waals surface area contributed by atoms with Crippen molar-refractivity contribution in [2.75, 3.05) is 19.6 Å². The fourth-order valence-corrected chi connectivity index (χ4v) is 7.20. The highest BCUT2D eigenvalue weighted by molar-refractivity contribution is 7.89. The SMILES string of the molecule is CC1CN(C(=O)C(Cc2ccccc2)NS(=O)(=O)c2cc(Cl)ccc2Cl)CCN1C(=O)C1CCCCC1. The second-order valence-electron chi connectivity index (χ2n) is 9.94. The third-order valence-electron chi connectivity index (χ3n) is 7.24. The van der Waals surface area contributed by atoms with Gasteiger partial charge in [0.25, 0.3) is 0 Å². The van der Waals surface area contributed by atoms with Gasteiger partial charge in [-0.2, -0.15) is 4.72 Å². The molecular weight excluding hydrogens is 533 g/mol. The Balaban J connectivity index is 1.52. The molecule has 2 aromatic carbocycles. The Labute approximate surface area is 229 Å². The van der Waals surface area contributed by atoms with Crippen molar-refractivity contribution in [3.8, 4) is 0 Å². The summed E-state index contributed by atoms with van der Waals surface area (Å²) in [6, 6.07) is 12.2. The molecule has 2 aromatic rings. The van der Waals surface area contributed by atoms with E-state index in [9.17, 15) is 18.0 Å². The first kappa shape index (κ1) is 27.9. The summed E-state index contributed by atoms with van der Waals surface area (Å²) in [4.78, 5) is 30.2. The number of nitrogens with one attached hydrogen (secondary N) is 1. The van der Waals surface area contributed by atoms with Crippen molar-refractivity contribution in [2.45, 2.75) is 62.4 Å². The molecule has 1 N–H and O–H groups in total. The number of nitrogens with zero attached hydrogens (tertiary/aromatic N) is 2. The normalized spacial score (nSPS) is 20.0. The minimum absolute atomic E-state index is 0.0197. The molecule has 2 fully saturated rings. The van der Waals surface area contributed by atoms with Crippen molar-refractivity contribution >= 4 is 45.0 Å². The van der Waals surface area contributed by atoms with Crippen molar-refractivity contribution in [3.63, 3.8) is 0 Å². The molecule has 1 aliphatic carbocycles. The summed E-state index contributed by atoms with van der Waals surface area (Å²) < 4.78 is 29.2. The predicted molar refractivity (Wildman–Crippen MR) is 145 cm³/mol. The van der Waals surface area contributed by atoms with Gasteiger partial charge in [0.15, 0.2) is 0 Å². The molecule has 2 amide bonds. The highest BCUT2D eigenvalue weighted by Gasteiger charge is 2.37. The summed E-state index contributed by atoms with van der Waals surface area (Å²) in [5.74, 6) is -0.0860. The van der Waals surface area contributed by atoms with Gasteiger partial charge in [-0.1, -0.05) is 72.8 Å². The lowest BCUT2D eigenvalue weighted by Crippen LogP contribution is -2.60. The third kappa shape index (κ3) is 6.85. The van der Waals surface area contributed by atoms with Crippen LogP contribution in [-0.4, -0.2) is 61.7 Å². The molecule has 2 unspecified atom stereocenters. The summed E-state index contributed by atoms with van der Waals surface area (Å²) in [7, 11) is -4.15. The van der Waals surface area contributed by atoms with Crippen LogP contribution in [0.2, 0.25) is 10.0 Å². The van der Waals surface area contributed by atoms with E-state index >= 15 is 0 Å². The smallest absolute Gasteiger partial charge is 0.242 e. The Hall–Kier alpha value is -2.13. The van der Waals surface area contributed by atoms with Crippen LogP contribution in [0.1, 0.15) is 44.6 Å². The molecular formula is C27H33Cl2N3O4S. The average molecular weight is 567 g/mol. The zero-order valence-electron chi connectivity index (χ0n) is 20.9. The molecule has 4 rings (SSSR count). The second kappa shape index (κ2) is 12.2. The average Bonchev–Trinajstić information content (AvgIpc) is 2.89. The largest absolute Gasteiger partial charge is 0.337 e. The van der Waals surface area contributed by atoms with Crippen LogP contribution in [0, 0.1) is 5.92 Å². The molecule has 10 heteroatoms. The first-order valence-corrected chi connectivity index (χ1v) is 15.0. The fraction of sp³-hybridized carbons (Fsp3) is 0.481. The quantitative estimate of drug-likeness (QED) is 0.534. The minimum atomic E-state index is -4.15. The number of carbonyl (C=O) groups excluding carboxylic acids is 2. The number of hydrogen-bond acceptors (Lipinski definition) is 4. The monoisotopic (exact) mass is 565 g/mol. The Morgan fingerprint density at radius 2 is 1.73 bits per heavy atom. The number of hydrogen-bond donors (Lipinski definition) is 1. The maximum Gasteiger partial charge on any atom is 0.242 e. The molecule has 0 aromatic heterocycles. The number of halogens is 2. The van der Waals surface area contributed by atoms with Crippen molar-refractivity contribution < 1.29 is 18.0 Å². The molecule has 0 radical (unpaired) electrons. The number of amides is 2. The lowest BCUT2D eigenvalue weighted by molar-refractivity contribution is -0.146. The lowest BCUT2D eigenvalue weighted by atomic mass is 9.87. The first-order valence-electron chi connectivity index (χ1n) is 12.8. The van der Waals surface area contributed by atoms with E-state index in [0.717, 1.165) is 31.2 Å². The summed E-state index contributed by atoms with van der Waals surface area (Å²) in [5, 5.41) is 0.245. The van der Waals surface area contributed by atoms with Gasteiger partial charge in [0.2, 0.25) is 21.8 Å². The number of piperazine rings is 1. The van der Waals surface area contributed by atoms with Gasteiger partial charge in [-0.25, -0.2) is 8.42 Å². The van der Waals surface area contributed by atoms with Crippen molar-refractivity contribution in [3.05, 3.63) is 64.1 Å². The van der Waals surface area contributed by atoms with E-state index < -0.39 is 16.1 Å². The van der Waals surface area contributed by atoms with Crippen LogP contribution in [0.25, 0.3) is 0 Å². The maximum atomic E-state index is 13.7. The van der Waals surface area contributed by atoms with Gasteiger partial charge in [0.05, 0.1) is 5.02 Å². The molecule has 1 saturated heterocycles. The molecule has 7 nitrogen and oxygen atoms in total. The van der Waals surface area contributed by atoms with Crippen LogP contribution >= 0.6 is 23.2 Å². The highest BCUT2D eigenvalue weighted by atomic mass is 35.5. The topological polar surface area (TPSA) is 86.8 Å². The van der Waals surface area contributed by atoms with Gasteiger partial charge in [-0.3, -0.25) is 9.59 Å². The minimum Gasteiger partial charge on any atom is -0.337 e. The standard InChI is InChI=1S/C27H33Cl2N3O4S/c1-19-18-31(14-15-32(19)26(33)21-10-6-3-7-11-21)27(34)24(16-20-8-4-2-5-9-20)30-37(35,36)25-17-22(28)12-13-23(25)29/h2,4-5,8-9,12-13,17,19,21,24,30H,3,6-7,10-11,14-16,18H2,1H3. The van der Waals surface area contributed by atoms with Gasteiger partial charge in [0.1, 0.15) is 10.9 Å². The Morgan fingerprint density at radius 3 is 2.41 bits per heavy atom. The molecule has 200 valence electrons. The predicted octanol–water partition coefficient (Wildman–Crippen LogP) is 4.52. The number of carbonyl (C=O) groups is 2. The summed E-state index contributed by atoms with van der Waals surface area (Å²) in [6.07, 6.45) is 5.38. The molecule has 37 heavy (non-hydrogen) atoms. The van der Waals surface area contributed by atoms with E-state index in [4.69, 9.17) is 23.2 Å². The van der Waals surface area contributed by atoms with Crippen molar-refractivity contribution in [1.82, 2.24) is 14.5 Å². The van der Waals surface area contributed by atoms with Crippen molar-refractivity contribution in [2.24, 2.45) is 5.92 Å². The molecule has 1 aliphatic heterocycles. The summed E-state index contributed by atoms with van der Waals surface area (Å²) in [6.45, 7) is 3.09. The van der Waals surface area contributed by atoms with Crippen LogP contribution in [0.3, 0.4) is 0 Å². The molecule has 0 spiro atoms. The molecule has 2 atom stereocenters. The van der Waals surface area contributed by atoms with Crippen LogP contribution in [-0.2, 0) is 26.0 Å². The Kier molecular flexibility index (Phi) is 9.16. The van der Waals surface area contributed by atoms with E-state index in [1.807, 2.05) is 42.2 Å². The van der Waals surface area contributed by atoms with E-state index in [1.165, 1.54) is 24.6 Å². The van der Waals surface area contributed by atoms with E-state index in [2.05, 4.69) is 4.72 Å². The number of sulfonamides is 1. The molecule has 0 bridgehead atoms. The van der Waals surface area contributed by atoms with Gasteiger partial charge in [0, 0.05) is 36.6 Å². The van der Waals surface area contributed by atoms with Crippen LogP contribution in [0.5, 0.6) is 0 Å². The molecule has 1 saturated carbocycles. The van der Waals surface area contributed by atoms with Gasteiger partial charge >= 0.3 is 0 Å². The first-order chi connectivity index (χ1) is 17.7. The van der Waals surface area contributed by atoms with E-state index in [1.54, 1.807) is 4.90 Å². The molecule has 1 heterocycles. The van der Waals surface area contributed by atoms with E-state index in [-0.39, 0.29) is 45.1 Å². The fourth-order valence-electron chi connectivity index (χ4n) is 5.25. The van der Waals surface area contributed by atoms with Crippen LogP contribution in [0.15, 0.2) is 53.4 Å². The van der Waals surface area contributed by atoms with Gasteiger partial charge in [-0.05, 0) is 49.9 Å². The number of rotatable bonds is 7. The van der Waals surface area contributed by atoms with Crippen LogP contribution in [0.4, 0.5) is 0 Å². The summed E-state index contributed by atoms with van der Waals surface area (Å²) in [5.41, 5.74) is 0.819. The highest BCUT2D eigenvalue weighted by Crippen LogP contribution is 2.28. The van der Waals surface area contributed by atoms with E-state index in [0.29, 0.717) is 19.6 Å². The zero-order valence-corrected chi connectivity index (χ0v) is 23.2. The Morgan fingerprint density at radius 1 is 1.03 bits per heavy atom. The Bertz CT molecular complexity index is 1220. The number of benzene rings is 2. The molecule has 2 aliphatic rings. The zero-order chi connectivity index (χ0) is 26.6. The van der Waals surface area contributed by atoms with Crippen LogP contribution < -0.4 is 4.72 Å². The third-order valence-corrected chi connectivity index (χ3v) is 9.43. The van der Waals surface area contributed by atoms with Gasteiger partial charge < -0.3 is 9.80 Å². The maximum absolute atomic E-state index is 13.7. The van der Waals surface area contributed by atoms with Crippen molar-refractivity contribution in [1.29, 1.82) is 0 Å².